The molecular weight excluding hydrogens is 251 g/mol. The third-order valence-corrected chi connectivity index (χ3v) is 5.32. The molecule has 0 heterocycles. The number of nitrogens with two attached hydrogens (primary N) is 1. The van der Waals surface area contributed by atoms with Gasteiger partial charge in [0, 0.05) is 18.8 Å². The second kappa shape index (κ2) is 6.13. The minimum Gasteiger partial charge on any atom is -0.365 e. The Morgan fingerprint density at radius 1 is 1.30 bits per heavy atom. The van der Waals surface area contributed by atoms with Gasteiger partial charge in [-0.25, -0.2) is 4.39 Å². The second-order valence-electron chi connectivity index (χ2n) is 6.19. The van der Waals surface area contributed by atoms with E-state index in [2.05, 4.69) is 25.7 Å². The molecule has 20 heavy (non-hydrogen) atoms. The van der Waals surface area contributed by atoms with Gasteiger partial charge in [-0.2, -0.15) is 0 Å². The minimum atomic E-state index is -0.184. The molecule has 0 aromatic heterocycles. The number of hydrogen-bond acceptors (Lipinski definition) is 2. The Morgan fingerprint density at radius 2 is 1.95 bits per heavy atom. The van der Waals surface area contributed by atoms with Gasteiger partial charge in [0.1, 0.15) is 5.82 Å². The molecule has 1 saturated carbocycles. The van der Waals surface area contributed by atoms with Crippen molar-refractivity contribution in [1.82, 2.24) is 0 Å². The predicted octanol–water partition coefficient (Wildman–Crippen LogP) is 3.81. The van der Waals surface area contributed by atoms with Crippen molar-refractivity contribution in [1.29, 1.82) is 0 Å². The molecule has 1 fully saturated rings. The molecule has 1 aromatic carbocycles. The monoisotopic (exact) mass is 278 g/mol. The quantitative estimate of drug-likeness (QED) is 0.907. The Labute approximate surface area is 122 Å². The van der Waals surface area contributed by atoms with E-state index in [4.69, 9.17) is 5.73 Å². The fraction of sp³-hybridized carbons (Fsp3) is 0.647. The van der Waals surface area contributed by atoms with Gasteiger partial charge in [-0.15, -0.1) is 0 Å². The van der Waals surface area contributed by atoms with Gasteiger partial charge in [0.2, 0.25) is 0 Å². The van der Waals surface area contributed by atoms with Crippen molar-refractivity contribution < 1.29 is 4.39 Å². The van der Waals surface area contributed by atoms with E-state index in [1.807, 2.05) is 12.1 Å². The summed E-state index contributed by atoms with van der Waals surface area (Å²) >= 11 is 0. The van der Waals surface area contributed by atoms with Gasteiger partial charge in [0.15, 0.2) is 0 Å². The summed E-state index contributed by atoms with van der Waals surface area (Å²) in [5.41, 5.74) is 7.31. The molecule has 0 radical (unpaired) electrons. The van der Waals surface area contributed by atoms with Gasteiger partial charge in [0.25, 0.3) is 0 Å². The van der Waals surface area contributed by atoms with E-state index in [0.717, 1.165) is 18.7 Å². The van der Waals surface area contributed by atoms with Gasteiger partial charge in [0.05, 0.1) is 5.54 Å². The number of halogens is 1. The number of hydrogen-bond donors (Lipinski definition) is 1. The van der Waals surface area contributed by atoms with E-state index >= 15 is 0 Å². The largest absolute Gasteiger partial charge is 0.365 e. The Morgan fingerprint density at radius 3 is 2.50 bits per heavy atom. The van der Waals surface area contributed by atoms with Crippen molar-refractivity contribution in [3.63, 3.8) is 0 Å². The van der Waals surface area contributed by atoms with Crippen LogP contribution in [0.3, 0.4) is 0 Å². The molecule has 0 spiro atoms. The van der Waals surface area contributed by atoms with Crippen LogP contribution in [0.2, 0.25) is 0 Å². The van der Waals surface area contributed by atoms with Crippen LogP contribution in [0.25, 0.3) is 0 Å². The summed E-state index contributed by atoms with van der Waals surface area (Å²) in [6.07, 6.45) is 3.63. The SMILES string of the molecule is CCN(c1ccc(F)cc1)C1(CN)CCCC(C)C1C. The Hall–Kier alpha value is -1.09. The summed E-state index contributed by atoms with van der Waals surface area (Å²) in [4.78, 5) is 2.40. The molecule has 0 saturated heterocycles. The molecule has 2 rings (SSSR count). The van der Waals surface area contributed by atoms with Crippen molar-refractivity contribution in [3.8, 4) is 0 Å². The van der Waals surface area contributed by atoms with Crippen LogP contribution in [-0.2, 0) is 0 Å². The van der Waals surface area contributed by atoms with Gasteiger partial charge in [-0.1, -0.05) is 26.7 Å². The van der Waals surface area contributed by atoms with Crippen LogP contribution in [-0.4, -0.2) is 18.6 Å². The van der Waals surface area contributed by atoms with Crippen LogP contribution in [0, 0.1) is 17.7 Å². The topological polar surface area (TPSA) is 29.3 Å². The summed E-state index contributed by atoms with van der Waals surface area (Å²) in [5.74, 6) is 1.05. The first-order valence-corrected chi connectivity index (χ1v) is 7.78. The average molecular weight is 278 g/mol. The van der Waals surface area contributed by atoms with Crippen LogP contribution < -0.4 is 10.6 Å². The van der Waals surface area contributed by atoms with E-state index in [0.29, 0.717) is 18.4 Å². The van der Waals surface area contributed by atoms with Crippen LogP contribution >= 0.6 is 0 Å². The molecule has 3 unspecified atom stereocenters. The lowest BCUT2D eigenvalue weighted by Crippen LogP contribution is -2.61. The van der Waals surface area contributed by atoms with Gasteiger partial charge >= 0.3 is 0 Å². The highest BCUT2D eigenvalue weighted by atomic mass is 19.1. The number of anilines is 1. The van der Waals surface area contributed by atoms with Crippen molar-refractivity contribution in [2.75, 3.05) is 18.0 Å². The van der Waals surface area contributed by atoms with Gasteiger partial charge in [-0.05, 0) is 49.4 Å². The Kier molecular flexibility index (Phi) is 4.69. The summed E-state index contributed by atoms with van der Waals surface area (Å²) in [5, 5.41) is 0. The van der Waals surface area contributed by atoms with Crippen LogP contribution in [0.5, 0.6) is 0 Å². The number of rotatable bonds is 4. The smallest absolute Gasteiger partial charge is 0.123 e. The van der Waals surface area contributed by atoms with Crippen molar-refractivity contribution in [2.45, 2.75) is 45.6 Å². The maximum absolute atomic E-state index is 13.2. The zero-order valence-electron chi connectivity index (χ0n) is 12.9. The van der Waals surface area contributed by atoms with E-state index in [-0.39, 0.29) is 11.4 Å². The lowest BCUT2D eigenvalue weighted by atomic mass is 9.67. The van der Waals surface area contributed by atoms with Crippen LogP contribution in [0.4, 0.5) is 10.1 Å². The standard InChI is InChI=1S/C17H27FN2/c1-4-20(16-9-7-15(18)8-10-16)17(12-19)11-5-6-13(2)14(17)3/h7-10,13-14H,4-6,11-12,19H2,1-3H3. The summed E-state index contributed by atoms with van der Waals surface area (Å²) in [7, 11) is 0. The lowest BCUT2D eigenvalue weighted by Gasteiger charge is -2.53. The molecule has 112 valence electrons. The first-order chi connectivity index (χ1) is 9.55. The van der Waals surface area contributed by atoms with E-state index in [1.54, 1.807) is 12.1 Å². The van der Waals surface area contributed by atoms with E-state index in [9.17, 15) is 4.39 Å². The third-order valence-electron chi connectivity index (χ3n) is 5.32. The lowest BCUT2D eigenvalue weighted by molar-refractivity contribution is 0.140. The molecule has 0 aliphatic heterocycles. The molecule has 1 aliphatic carbocycles. The molecule has 3 heteroatoms. The second-order valence-corrected chi connectivity index (χ2v) is 6.19. The minimum absolute atomic E-state index is 0.00421. The zero-order valence-corrected chi connectivity index (χ0v) is 12.9. The normalized spacial score (nSPS) is 30.2. The highest BCUT2D eigenvalue weighted by Crippen LogP contribution is 2.42. The zero-order chi connectivity index (χ0) is 14.8. The molecule has 1 aromatic rings. The maximum Gasteiger partial charge on any atom is 0.123 e. The molecule has 2 N–H and O–H groups in total. The molecule has 3 atom stereocenters. The highest BCUT2D eigenvalue weighted by Gasteiger charge is 2.44. The molecule has 0 bridgehead atoms. The Balaban J connectivity index is 2.38. The summed E-state index contributed by atoms with van der Waals surface area (Å²) in [6, 6.07) is 6.84. The first kappa shape index (κ1) is 15.3. The average Bonchev–Trinajstić information content (AvgIpc) is 2.46. The maximum atomic E-state index is 13.2. The number of benzene rings is 1. The van der Waals surface area contributed by atoms with E-state index < -0.39 is 0 Å². The highest BCUT2D eigenvalue weighted by molar-refractivity contribution is 5.50. The summed E-state index contributed by atoms with van der Waals surface area (Å²) in [6.45, 7) is 8.37. The molecular formula is C17H27FN2. The summed E-state index contributed by atoms with van der Waals surface area (Å²) < 4.78 is 13.2. The molecule has 0 amide bonds. The number of nitrogens with zero attached hydrogens (tertiary/aromatic N) is 1. The first-order valence-electron chi connectivity index (χ1n) is 7.78. The fourth-order valence-electron chi connectivity index (χ4n) is 3.89. The van der Waals surface area contributed by atoms with Crippen molar-refractivity contribution in [2.24, 2.45) is 17.6 Å². The molecule has 1 aliphatic rings. The van der Waals surface area contributed by atoms with E-state index in [1.165, 1.54) is 12.8 Å². The van der Waals surface area contributed by atoms with Gasteiger partial charge < -0.3 is 10.6 Å². The fourth-order valence-corrected chi connectivity index (χ4v) is 3.89. The van der Waals surface area contributed by atoms with Crippen molar-refractivity contribution in [3.05, 3.63) is 30.1 Å². The van der Waals surface area contributed by atoms with Gasteiger partial charge in [-0.3, -0.25) is 0 Å². The Bertz CT molecular complexity index is 431. The van der Waals surface area contributed by atoms with Crippen molar-refractivity contribution >= 4 is 5.69 Å². The molecule has 2 nitrogen and oxygen atoms in total. The number of likely N-dealkylation sites (N-methyl/N-ethyl adjacent to an activating group) is 1. The van der Waals surface area contributed by atoms with Crippen LogP contribution in [0.1, 0.15) is 40.0 Å². The van der Waals surface area contributed by atoms with Crippen LogP contribution in [0.15, 0.2) is 24.3 Å². The third kappa shape index (κ3) is 2.56. The predicted molar refractivity (Wildman–Crippen MR) is 83.4 cm³/mol.